The number of rotatable bonds is 7. The number of nitrogens with one attached hydrogen (secondary N) is 2. The van der Waals surface area contributed by atoms with Gasteiger partial charge in [0.25, 0.3) is 5.91 Å². The first-order chi connectivity index (χ1) is 12.1. The number of anilines is 1. The fourth-order valence-electron chi connectivity index (χ4n) is 2.09. The van der Waals surface area contributed by atoms with Gasteiger partial charge in [-0.1, -0.05) is 60.7 Å². The van der Waals surface area contributed by atoms with Crippen molar-refractivity contribution >= 4 is 23.4 Å². The van der Waals surface area contributed by atoms with Gasteiger partial charge in [-0.05, 0) is 43.2 Å². The molecule has 0 spiro atoms. The second-order valence-corrected chi connectivity index (χ2v) is 5.64. The monoisotopic (exact) mass is 333 g/mol. The molecule has 4 nitrogen and oxygen atoms in total. The third-order valence-corrected chi connectivity index (χ3v) is 3.36. The van der Waals surface area contributed by atoms with Crippen molar-refractivity contribution in [2.45, 2.75) is 13.8 Å². The lowest BCUT2D eigenvalue weighted by Crippen LogP contribution is -2.26. The van der Waals surface area contributed by atoms with Crippen molar-refractivity contribution in [3.63, 3.8) is 0 Å². The zero-order valence-electron chi connectivity index (χ0n) is 14.6. The maximum Gasteiger partial charge on any atom is 0.259 e. The molecule has 128 valence electrons. The van der Waals surface area contributed by atoms with Gasteiger partial charge in [0.2, 0.25) is 0 Å². The van der Waals surface area contributed by atoms with Crippen LogP contribution >= 0.6 is 0 Å². The molecule has 2 aromatic carbocycles. The minimum atomic E-state index is -0.186. The predicted molar refractivity (Wildman–Crippen MR) is 106 cm³/mol. The van der Waals surface area contributed by atoms with Crippen molar-refractivity contribution in [2.75, 3.05) is 11.9 Å². The highest BCUT2D eigenvalue weighted by molar-refractivity contribution is 5.94. The van der Waals surface area contributed by atoms with Crippen molar-refractivity contribution in [1.82, 2.24) is 5.43 Å². The summed E-state index contributed by atoms with van der Waals surface area (Å²) in [6.45, 7) is 4.02. The number of benzene rings is 2. The van der Waals surface area contributed by atoms with Crippen LogP contribution < -0.4 is 10.7 Å². The lowest BCUT2D eigenvalue weighted by atomic mass is 10.2. The molecule has 0 aliphatic rings. The highest BCUT2D eigenvalue weighted by atomic mass is 16.2. The van der Waals surface area contributed by atoms with E-state index in [1.165, 1.54) is 0 Å². The Balaban J connectivity index is 1.75. The predicted octanol–water partition coefficient (Wildman–Crippen LogP) is 4.17. The van der Waals surface area contributed by atoms with Crippen LogP contribution in [0.5, 0.6) is 0 Å². The summed E-state index contributed by atoms with van der Waals surface area (Å²) in [6, 6.07) is 17.9. The molecule has 0 fully saturated rings. The van der Waals surface area contributed by atoms with Crippen LogP contribution in [0.3, 0.4) is 0 Å². The molecular weight excluding hydrogens is 310 g/mol. The first-order valence-electron chi connectivity index (χ1n) is 8.17. The number of amides is 1. The molecule has 0 aromatic heterocycles. The van der Waals surface area contributed by atoms with E-state index in [9.17, 15) is 4.79 Å². The smallest absolute Gasteiger partial charge is 0.259 e. The summed E-state index contributed by atoms with van der Waals surface area (Å²) in [6.07, 6.45) is 7.68. The van der Waals surface area contributed by atoms with E-state index in [2.05, 4.69) is 15.8 Å². The fraction of sp³-hybridized carbons (Fsp3) is 0.143. The number of allylic oxidation sites excluding steroid dienone is 3. The molecule has 0 aliphatic carbocycles. The van der Waals surface area contributed by atoms with Crippen molar-refractivity contribution < 1.29 is 4.79 Å². The third kappa shape index (κ3) is 7.31. The largest absolute Gasteiger partial charge is 0.376 e. The summed E-state index contributed by atoms with van der Waals surface area (Å²) in [5, 5.41) is 7.12. The van der Waals surface area contributed by atoms with E-state index in [1.54, 1.807) is 0 Å². The Kier molecular flexibility index (Phi) is 7.19. The second-order valence-electron chi connectivity index (χ2n) is 5.64. The lowest BCUT2D eigenvalue weighted by Gasteiger charge is -2.06. The van der Waals surface area contributed by atoms with Crippen LogP contribution in [-0.4, -0.2) is 18.2 Å². The highest BCUT2D eigenvalue weighted by Gasteiger charge is 1.99. The minimum absolute atomic E-state index is 0.178. The molecule has 0 atom stereocenters. The molecule has 0 bridgehead atoms. The summed E-state index contributed by atoms with van der Waals surface area (Å²) in [7, 11) is 0. The zero-order chi connectivity index (χ0) is 17.9. The summed E-state index contributed by atoms with van der Waals surface area (Å²) < 4.78 is 0. The molecule has 25 heavy (non-hydrogen) atoms. The molecule has 1 amide bonds. The fourth-order valence-corrected chi connectivity index (χ4v) is 2.09. The molecule has 0 unspecified atom stereocenters. The molecule has 0 heterocycles. The van der Waals surface area contributed by atoms with Gasteiger partial charge in [-0.2, -0.15) is 5.10 Å². The second kappa shape index (κ2) is 9.88. The SMILES string of the molecule is CC(C=CC=Cc1ccccc1)=NNC(=O)CNc1cccc(C)c1. The van der Waals surface area contributed by atoms with Gasteiger partial charge in [-0.3, -0.25) is 4.79 Å². The number of hydrogen-bond acceptors (Lipinski definition) is 3. The van der Waals surface area contributed by atoms with E-state index in [1.807, 2.05) is 92.7 Å². The Bertz CT molecular complexity index is 777. The Labute approximate surface area is 149 Å². The normalized spacial score (nSPS) is 11.8. The number of hydrazone groups is 1. The van der Waals surface area contributed by atoms with Crippen LogP contribution in [0.2, 0.25) is 0 Å². The van der Waals surface area contributed by atoms with Crippen LogP contribution in [0.25, 0.3) is 6.08 Å². The van der Waals surface area contributed by atoms with Crippen LogP contribution in [0, 0.1) is 6.92 Å². The molecule has 0 radical (unpaired) electrons. The Morgan fingerprint density at radius 3 is 2.64 bits per heavy atom. The lowest BCUT2D eigenvalue weighted by molar-refractivity contribution is -0.119. The standard InChI is InChI=1S/C21H23N3O/c1-17-9-8-14-20(15-17)22-16-21(25)24-23-18(2)10-6-7-13-19-11-4-3-5-12-19/h3-15,22H,16H2,1-2H3,(H,24,25). The van der Waals surface area contributed by atoms with Crippen molar-refractivity contribution in [3.8, 4) is 0 Å². The van der Waals surface area contributed by atoms with Gasteiger partial charge in [0.1, 0.15) is 0 Å². The zero-order valence-corrected chi connectivity index (χ0v) is 14.6. The van der Waals surface area contributed by atoms with Gasteiger partial charge in [-0.25, -0.2) is 5.43 Å². The maximum absolute atomic E-state index is 11.8. The summed E-state index contributed by atoms with van der Waals surface area (Å²) in [5.41, 5.74) is 6.46. The van der Waals surface area contributed by atoms with Crippen molar-refractivity contribution in [2.24, 2.45) is 5.10 Å². The first-order valence-corrected chi connectivity index (χ1v) is 8.17. The Morgan fingerprint density at radius 1 is 1.08 bits per heavy atom. The van der Waals surface area contributed by atoms with Gasteiger partial charge in [0, 0.05) is 5.69 Å². The van der Waals surface area contributed by atoms with E-state index in [4.69, 9.17) is 0 Å². The van der Waals surface area contributed by atoms with Crippen LogP contribution in [0.1, 0.15) is 18.1 Å². The van der Waals surface area contributed by atoms with Crippen molar-refractivity contribution in [1.29, 1.82) is 0 Å². The topological polar surface area (TPSA) is 53.5 Å². The molecule has 0 aliphatic heterocycles. The quantitative estimate of drug-likeness (QED) is 0.454. The Morgan fingerprint density at radius 2 is 1.88 bits per heavy atom. The Hall–Kier alpha value is -3.14. The first kappa shape index (κ1) is 18.2. The van der Waals surface area contributed by atoms with Crippen LogP contribution in [0.15, 0.2) is 77.9 Å². The molecule has 2 aromatic rings. The third-order valence-electron chi connectivity index (χ3n) is 3.36. The van der Waals surface area contributed by atoms with E-state index in [0.717, 1.165) is 22.5 Å². The van der Waals surface area contributed by atoms with E-state index in [0.29, 0.717) is 0 Å². The molecule has 0 saturated heterocycles. The molecule has 4 heteroatoms. The molecule has 2 rings (SSSR count). The van der Waals surface area contributed by atoms with E-state index < -0.39 is 0 Å². The minimum Gasteiger partial charge on any atom is -0.376 e. The highest BCUT2D eigenvalue weighted by Crippen LogP contribution is 2.08. The number of carbonyl (C=O) groups is 1. The van der Waals surface area contributed by atoms with E-state index >= 15 is 0 Å². The van der Waals surface area contributed by atoms with Gasteiger partial charge in [0.15, 0.2) is 0 Å². The summed E-state index contributed by atoms with van der Waals surface area (Å²) in [5.74, 6) is -0.186. The van der Waals surface area contributed by atoms with Gasteiger partial charge in [0.05, 0.1) is 12.3 Å². The number of hydrogen-bond donors (Lipinski definition) is 2. The average molecular weight is 333 g/mol. The molecular formula is C21H23N3O. The number of carbonyl (C=O) groups excluding carboxylic acids is 1. The van der Waals surface area contributed by atoms with Crippen molar-refractivity contribution in [3.05, 3.63) is 84.0 Å². The maximum atomic E-state index is 11.8. The van der Waals surface area contributed by atoms with Gasteiger partial charge < -0.3 is 5.32 Å². The summed E-state index contributed by atoms with van der Waals surface area (Å²) >= 11 is 0. The molecule has 0 saturated carbocycles. The number of nitrogens with zero attached hydrogens (tertiary/aromatic N) is 1. The number of aryl methyl sites for hydroxylation is 1. The average Bonchev–Trinajstić information content (AvgIpc) is 2.63. The summed E-state index contributed by atoms with van der Waals surface area (Å²) in [4.78, 5) is 11.8. The van der Waals surface area contributed by atoms with Gasteiger partial charge in [-0.15, -0.1) is 0 Å². The van der Waals surface area contributed by atoms with E-state index in [-0.39, 0.29) is 12.5 Å². The molecule has 2 N–H and O–H groups in total. The van der Waals surface area contributed by atoms with Crippen LogP contribution in [-0.2, 0) is 4.79 Å². The van der Waals surface area contributed by atoms with Crippen LogP contribution in [0.4, 0.5) is 5.69 Å². The van der Waals surface area contributed by atoms with Gasteiger partial charge >= 0.3 is 0 Å².